The van der Waals surface area contributed by atoms with Crippen LogP contribution in [0.2, 0.25) is 0 Å². The van der Waals surface area contributed by atoms with Gasteiger partial charge in [0.2, 0.25) is 21.9 Å². The zero-order chi connectivity index (χ0) is 28.6. The summed E-state index contributed by atoms with van der Waals surface area (Å²) >= 11 is 0. The second-order valence-electron chi connectivity index (χ2n) is 11.6. The lowest BCUT2D eigenvalue weighted by atomic mass is 9.93. The number of hydrogen-bond donors (Lipinski definition) is 3. The van der Waals surface area contributed by atoms with Crippen molar-refractivity contribution in [3.05, 3.63) is 30.0 Å². The molecule has 0 radical (unpaired) electrons. The molecule has 1 aromatic carbocycles. The van der Waals surface area contributed by atoms with Gasteiger partial charge in [-0.2, -0.15) is 0 Å². The van der Waals surface area contributed by atoms with Crippen LogP contribution < -0.4 is 14.5 Å². The Bertz CT molecular complexity index is 1500. The van der Waals surface area contributed by atoms with Gasteiger partial charge in [-0.3, -0.25) is 4.72 Å². The second-order valence-corrected chi connectivity index (χ2v) is 13.4. The van der Waals surface area contributed by atoms with Gasteiger partial charge in [0.05, 0.1) is 29.3 Å². The summed E-state index contributed by atoms with van der Waals surface area (Å²) < 4.78 is 33.5. The Labute approximate surface area is 239 Å². The minimum Gasteiger partial charge on any atom is -0.415 e. The predicted octanol–water partition coefficient (Wildman–Crippen LogP) is 2.83. The topological polar surface area (TPSA) is 158 Å². The molecule has 2 aliphatic heterocycles. The van der Waals surface area contributed by atoms with E-state index in [9.17, 15) is 13.5 Å². The molecule has 220 valence electrons. The fraction of sp³-hybridized carbons (Fsp3) is 0.571. The standard InChI is InChI=1S/C28H37N7O5S/c1-19-15-23(30-27(29-19)35-10-2-3-20(17-35)18-37)26-32-31-25(40-26)22-5-4-21(33-41(38,39)14-13-36)16-24(22)34-11-8-28(6-7-28)9-12-34/h4-5,15-16,20,33,36-37H,2-3,6-14,17-18H2,1H3/t20-/m0/s1. The summed E-state index contributed by atoms with van der Waals surface area (Å²) in [6, 6.07) is 7.09. The van der Waals surface area contributed by atoms with Crippen molar-refractivity contribution in [1.82, 2.24) is 20.2 Å². The fourth-order valence-corrected chi connectivity index (χ4v) is 6.75. The van der Waals surface area contributed by atoms with E-state index in [2.05, 4.69) is 29.7 Å². The van der Waals surface area contributed by atoms with Gasteiger partial charge in [-0.05, 0) is 81.0 Å². The highest BCUT2D eigenvalue weighted by molar-refractivity contribution is 7.92. The molecule has 3 fully saturated rings. The number of piperidine rings is 2. The number of aliphatic hydroxyl groups is 2. The Kier molecular flexibility index (Phi) is 7.60. The monoisotopic (exact) mass is 583 g/mol. The summed E-state index contributed by atoms with van der Waals surface area (Å²) in [4.78, 5) is 13.7. The number of aromatic nitrogens is 4. The van der Waals surface area contributed by atoms with Gasteiger partial charge in [-0.1, -0.05) is 0 Å². The van der Waals surface area contributed by atoms with Crippen LogP contribution >= 0.6 is 0 Å². The van der Waals surface area contributed by atoms with Gasteiger partial charge < -0.3 is 24.4 Å². The third-order valence-corrected chi connectivity index (χ3v) is 9.80. The highest BCUT2D eigenvalue weighted by Crippen LogP contribution is 2.54. The number of sulfonamides is 1. The fourth-order valence-electron chi connectivity index (χ4n) is 5.92. The number of nitrogens with zero attached hydrogens (tertiary/aromatic N) is 6. The van der Waals surface area contributed by atoms with Gasteiger partial charge >= 0.3 is 0 Å². The summed E-state index contributed by atoms with van der Waals surface area (Å²) in [5, 5.41) is 27.5. The average molecular weight is 584 g/mol. The molecule has 6 rings (SSSR count). The molecule has 0 bridgehead atoms. The van der Waals surface area contributed by atoms with E-state index >= 15 is 0 Å². The van der Waals surface area contributed by atoms with Crippen molar-refractivity contribution < 1.29 is 23.0 Å². The molecule has 3 aromatic rings. The number of hydrogen-bond acceptors (Lipinski definition) is 11. The first-order chi connectivity index (χ1) is 19.8. The molecule has 1 aliphatic carbocycles. The van der Waals surface area contributed by atoms with E-state index in [0.717, 1.165) is 56.7 Å². The van der Waals surface area contributed by atoms with Gasteiger partial charge in [-0.25, -0.2) is 18.4 Å². The molecule has 1 spiro atoms. The molecule has 3 aliphatic rings. The minimum absolute atomic E-state index is 0.143. The number of aryl methyl sites for hydroxylation is 1. The van der Waals surface area contributed by atoms with Crippen LogP contribution in [0.3, 0.4) is 0 Å². The van der Waals surface area contributed by atoms with Gasteiger partial charge in [0, 0.05) is 38.5 Å². The van der Waals surface area contributed by atoms with Crippen LogP contribution in [0.4, 0.5) is 17.3 Å². The first kappa shape index (κ1) is 27.9. The zero-order valence-electron chi connectivity index (χ0n) is 23.3. The molecule has 4 heterocycles. The van der Waals surface area contributed by atoms with Crippen molar-refractivity contribution >= 4 is 27.3 Å². The van der Waals surface area contributed by atoms with Crippen LogP contribution in [0.1, 0.15) is 44.2 Å². The van der Waals surface area contributed by atoms with Crippen molar-refractivity contribution in [3.8, 4) is 23.0 Å². The van der Waals surface area contributed by atoms with Crippen LogP contribution in [-0.2, 0) is 10.0 Å². The number of nitrogens with one attached hydrogen (secondary N) is 1. The molecular weight excluding hydrogens is 546 g/mol. The third-order valence-electron chi connectivity index (χ3n) is 8.53. The molecule has 2 saturated heterocycles. The maximum Gasteiger partial charge on any atom is 0.266 e. The predicted molar refractivity (Wildman–Crippen MR) is 155 cm³/mol. The number of aliphatic hydroxyl groups excluding tert-OH is 2. The smallest absolute Gasteiger partial charge is 0.266 e. The number of benzene rings is 1. The lowest BCUT2D eigenvalue weighted by Gasteiger charge is -2.35. The molecule has 0 unspecified atom stereocenters. The van der Waals surface area contributed by atoms with Gasteiger partial charge in [0.25, 0.3) is 5.89 Å². The van der Waals surface area contributed by atoms with E-state index in [-0.39, 0.29) is 24.2 Å². The summed E-state index contributed by atoms with van der Waals surface area (Å²) in [6.45, 7) is 4.83. The average Bonchev–Trinajstić information content (AvgIpc) is 3.52. The van der Waals surface area contributed by atoms with E-state index in [1.165, 1.54) is 12.8 Å². The van der Waals surface area contributed by atoms with Crippen molar-refractivity contribution in [2.75, 3.05) is 59.7 Å². The Morgan fingerprint density at radius 3 is 2.54 bits per heavy atom. The van der Waals surface area contributed by atoms with Crippen molar-refractivity contribution in [3.63, 3.8) is 0 Å². The molecule has 1 saturated carbocycles. The molecule has 12 nitrogen and oxygen atoms in total. The normalized spacial score (nSPS) is 20.4. The summed E-state index contributed by atoms with van der Waals surface area (Å²) in [6.07, 6.45) is 6.70. The Morgan fingerprint density at radius 1 is 1.02 bits per heavy atom. The molecule has 13 heteroatoms. The van der Waals surface area contributed by atoms with Gasteiger partial charge in [0.15, 0.2) is 0 Å². The van der Waals surface area contributed by atoms with E-state index < -0.39 is 16.6 Å². The largest absolute Gasteiger partial charge is 0.415 e. The Hall–Kier alpha value is -3.29. The lowest BCUT2D eigenvalue weighted by molar-refractivity contribution is 0.208. The molecule has 0 amide bonds. The van der Waals surface area contributed by atoms with Crippen LogP contribution in [0.25, 0.3) is 23.0 Å². The Morgan fingerprint density at radius 2 is 1.80 bits per heavy atom. The van der Waals surface area contributed by atoms with E-state index in [1.807, 2.05) is 13.0 Å². The van der Waals surface area contributed by atoms with E-state index in [0.29, 0.717) is 40.7 Å². The first-order valence-corrected chi connectivity index (χ1v) is 16.0. The summed E-state index contributed by atoms with van der Waals surface area (Å²) in [5.41, 5.74) is 3.74. The van der Waals surface area contributed by atoms with Gasteiger partial charge in [0.1, 0.15) is 5.69 Å². The molecule has 1 atom stereocenters. The van der Waals surface area contributed by atoms with Crippen LogP contribution in [-0.4, -0.2) is 83.9 Å². The highest BCUT2D eigenvalue weighted by atomic mass is 32.2. The summed E-state index contributed by atoms with van der Waals surface area (Å²) in [5.74, 6) is 1.01. The Balaban J connectivity index is 1.31. The lowest BCUT2D eigenvalue weighted by Crippen LogP contribution is -2.38. The minimum atomic E-state index is -3.68. The van der Waals surface area contributed by atoms with Gasteiger partial charge in [-0.15, -0.1) is 10.2 Å². The second kappa shape index (κ2) is 11.2. The summed E-state index contributed by atoms with van der Waals surface area (Å²) in [7, 11) is -3.68. The maximum absolute atomic E-state index is 12.3. The molecule has 41 heavy (non-hydrogen) atoms. The van der Waals surface area contributed by atoms with Crippen molar-refractivity contribution in [2.24, 2.45) is 11.3 Å². The van der Waals surface area contributed by atoms with Crippen molar-refractivity contribution in [1.29, 1.82) is 0 Å². The number of anilines is 3. The SMILES string of the molecule is Cc1cc(-c2nnc(-c3ccc(NS(=O)(=O)CCO)cc3N3CCC4(CC3)CC4)o2)nc(N2CCC[C@H](CO)C2)n1. The number of rotatable bonds is 9. The molecule has 2 aromatic heterocycles. The maximum atomic E-state index is 12.3. The highest BCUT2D eigenvalue weighted by Gasteiger charge is 2.44. The third kappa shape index (κ3) is 6.16. The first-order valence-electron chi connectivity index (χ1n) is 14.3. The van der Waals surface area contributed by atoms with Crippen LogP contribution in [0.15, 0.2) is 28.7 Å². The molecular formula is C28H37N7O5S. The van der Waals surface area contributed by atoms with Crippen LogP contribution in [0.5, 0.6) is 0 Å². The quantitative estimate of drug-likeness (QED) is 0.340. The van der Waals surface area contributed by atoms with Crippen LogP contribution in [0, 0.1) is 18.3 Å². The van der Waals surface area contributed by atoms with E-state index in [4.69, 9.17) is 14.5 Å². The van der Waals surface area contributed by atoms with E-state index in [1.54, 1.807) is 18.2 Å². The zero-order valence-corrected chi connectivity index (χ0v) is 24.1. The van der Waals surface area contributed by atoms with Crippen molar-refractivity contribution in [2.45, 2.75) is 45.4 Å². The molecule has 3 N–H and O–H groups in total.